The average molecular weight is 353 g/mol. The second-order valence-electron chi connectivity index (χ2n) is 4.84. The minimum Gasteiger partial charge on any atom is -0.472 e. The van der Waals surface area contributed by atoms with Crippen molar-refractivity contribution in [3.8, 4) is 5.88 Å². The Hall–Kier alpha value is -1.82. The third-order valence-electron chi connectivity index (χ3n) is 2.74. The van der Waals surface area contributed by atoms with Crippen LogP contribution in [0.2, 0.25) is 0 Å². The summed E-state index contributed by atoms with van der Waals surface area (Å²) in [6, 6.07) is 7.16. The van der Waals surface area contributed by atoms with Crippen molar-refractivity contribution in [2.45, 2.75) is 26.6 Å². The van der Waals surface area contributed by atoms with Crippen LogP contribution in [0, 0.1) is 0 Å². The fourth-order valence-corrected chi connectivity index (χ4v) is 2.27. The predicted octanol–water partition coefficient (Wildman–Crippen LogP) is 3.33. The van der Waals surface area contributed by atoms with Gasteiger partial charge in [-0.2, -0.15) is 0 Å². The molecule has 0 spiro atoms. The molecule has 0 saturated carbocycles. The molecule has 1 aromatic carbocycles. The van der Waals surface area contributed by atoms with Crippen molar-refractivity contribution in [2.75, 3.05) is 0 Å². The fraction of sp³-hybridized carbons (Fsp3) is 0.333. The topological polar surface area (TPSA) is 53.4 Å². The van der Waals surface area contributed by atoms with Gasteiger partial charge in [-0.25, -0.2) is 4.79 Å². The highest BCUT2D eigenvalue weighted by atomic mass is 79.9. The molecule has 1 aromatic heterocycles. The van der Waals surface area contributed by atoms with Crippen molar-refractivity contribution in [3.63, 3.8) is 0 Å². The quantitative estimate of drug-likeness (QED) is 0.774. The Morgan fingerprint density at radius 2 is 2.14 bits per heavy atom. The van der Waals surface area contributed by atoms with E-state index in [9.17, 15) is 4.79 Å². The van der Waals surface area contributed by atoms with E-state index in [4.69, 9.17) is 9.47 Å². The molecule has 0 bridgehead atoms. The van der Waals surface area contributed by atoms with Crippen LogP contribution in [0.25, 0.3) is 0 Å². The van der Waals surface area contributed by atoms with Gasteiger partial charge in [0, 0.05) is 29.3 Å². The lowest BCUT2D eigenvalue weighted by molar-refractivity contribution is 0.0374. The molecule has 0 aliphatic heterocycles. The standard InChI is InChI=1S/C15H17BrN2O3/c1-10(2)21-15(19)11-5-4-6-13(16)12(11)9-20-14-7-8-18(3)17-14/h4-8,10H,9H2,1-3H3. The van der Waals surface area contributed by atoms with Crippen LogP contribution in [0.4, 0.5) is 0 Å². The second kappa shape index (κ2) is 6.76. The molecule has 5 nitrogen and oxygen atoms in total. The molecule has 2 aromatic rings. The van der Waals surface area contributed by atoms with E-state index in [1.807, 2.05) is 27.0 Å². The summed E-state index contributed by atoms with van der Waals surface area (Å²) in [5, 5.41) is 4.14. The molecule has 21 heavy (non-hydrogen) atoms. The number of nitrogens with zero attached hydrogens (tertiary/aromatic N) is 2. The number of carbonyl (C=O) groups excluding carboxylic acids is 1. The Labute approximate surface area is 132 Å². The van der Waals surface area contributed by atoms with Crippen molar-refractivity contribution in [1.29, 1.82) is 0 Å². The maximum atomic E-state index is 12.1. The lowest BCUT2D eigenvalue weighted by Gasteiger charge is -2.13. The molecule has 0 saturated heterocycles. The third kappa shape index (κ3) is 4.07. The van der Waals surface area contributed by atoms with Crippen LogP contribution in [0.15, 0.2) is 34.9 Å². The van der Waals surface area contributed by atoms with Gasteiger partial charge in [0.15, 0.2) is 0 Å². The van der Waals surface area contributed by atoms with Crippen LogP contribution in [0.1, 0.15) is 29.8 Å². The first-order valence-corrected chi connectivity index (χ1v) is 7.37. The van der Waals surface area contributed by atoms with Gasteiger partial charge in [-0.15, -0.1) is 5.10 Å². The monoisotopic (exact) mass is 352 g/mol. The molecule has 0 N–H and O–H groups in total. The number of ether oxygens (including phenoxy) is 2. The van der Waals surface area contributed by atoms with Crippen molar-refractivity contribution in [3.05, 3.63) is 46.1 Å². The van der Waals surface area contributed by atoms with E-state index in [0.717, 1.165) is 10.0 Å². The van der Waals surface area contributed by atoms with Gasteiger partial charge in [-0.1, -0.05) is 22.0 Å². The van der Waals surface area contributed by atoms with E-state index in [1.54, 1.807) is 29.1 Å². The zero-order chi connectivity index (χ0) is 15.4. The van der Waals surface area contributed by atoms with Crippen LogP contribution >= 0.6 is 15.9 Å². The molecule has 0 unspecified atom stereocenters. The Balaban J connectivity index is 2.19. The molecule has 0 amide bonds. The van der Waals surface area contributed by atoms with E-state index >= 15 is 0 Å². The van der Waals surface area contributed by atoms with Crippen LogP contribution in [0.5, 0.6) is 5.88 Å². The number of halogens is 1. The van der Waals surface area contributed by atoms with E-state index in [-0.39, 0.29) is 18.7 Å². The van der Waals surface area contributed by atoms with Gasteiger partial charge in [0.1, 0.15) is 6.61 Å². The number of hydrogen-bond acceptors (Lipinski definition) is 4. The number of carbonyl (C=O) groups is 1. The van der Waals surface area contributed by atoms with Gasteiger partial charge in [-0.05, 0) is 26.0 Å². The van der Waals surface area contributed by atoms with Gasteiger partial charge in [0.05, 0.1) is 11.7 Å². The average Bonchev–Trinajstić information content (AvgIpc) is 2.82. The number of aromatic nitrogens is 2. The molecule has 6 heteroatoms. The SMILES string of the molecule is CC(C)OC(=O)c1cccc(Br)c1COc1ccn(C)n1. The number of benzene rings is 1. The summed E-state index contributed by atoms with van der Waals surface area (Å²) in [6.07, 6.45) is 1.63. The lowest BCUT2D eigenvalue weighted by Crippen LogP contribution is -2.15. The van der Waals surface area contributed by atoms with Crippen molar-refractivity contribution >= 4 is 21.9 Å². The van der Waals surface area contributed by atoms with E-state index in [0.29, 0.717) is 11.4 Å². The Kier molecular flexibility index (Phi) is 5.01. The summed E-state index contributed by atoms with van der Waals surface area (Å²) >= 11 is 3.45. The normalized spacial score (nSPS) is 10.7. The molecular formula is C15H17BrN2O3. The Morgan fingerprint density at radius 3 is 2.76 bits per heavy atom. The zero-order valence-electron chi connectivity index (χ0n) is 12.2. The van der Waals surface area contributed by atoms with Gasteiger partial charge in [0.25, 0.3) is 0 Å². The second-order valence-corrected chi connectivity index (χ2v) is 5.69. The summed E-state index contributed by atoms with van der Waals surface area (Å²) in [7, 11) is 1.82. The number of aryl methyl sites for hydroxylation is 1. The first-order chi connectivity index (χ1) is 9.97. The van der Waals surface area contributed by atoms with Gasteiger partial charge >= 0.3 is 5.97 Å². The van der Waals surface area contributed by atoms with Gasteiger partial charge in [0.2, 0.25) is 5.88 Å². The smallest absolute Gasteiger partial charge is 0.338 e. The van der Waals surface area contributed by atoms with Crippen LogP contribution in [-0.2, 0) is 18.4 Å². The molecule has 1 heterocycles. The first-order valence-electron chi connectivity index (χ1n) is 6.58. The largest absolute Gasteiger partial charge is 0.472 e. The minimum atomic E-state index is -0.356. The van der Waals surface area contributed by atoms with Crippen molar-refractivity contribution in [2.24, 2.45) is 7.05 Å². The molecule has 112 valence electrons. The highest BCUT2D eigenvalue weighted by molar-refractivity contribution is 9.10. The molecule has 0 aliphatic rings. The van der Waals surface area contributed by atoms with Crippen molar-refractivity contribution in [1.82, 2.24) is 9.78 Å². The van der Waals surface area contributed by atoms with Crippen LogP contribution in [-0.4, -0.2) is 21.9 Å². The van der Waals surface area contributed by atoms with Gasteiger partial charge in [-0.3, -0.25) is 4.68 Å². The zero-order valence-corrected chi connectivity index (χ0v) is 13.8. The molecule has 0 fully saturated rings. The maximum Gasteiger partial charge on any atom is 0.338 e. The molecule has 0 atom stereocenters. The number of esters is 1. The summed E-state index contributed by atoms with van der Waals surface area (Å²) in [5.74, 6) is 0.155. The first kappa shape index (κ1) is 15.6. The van der Waals surface area contributed by atoms with E-state index < -0.39 is 0 Å². The summed E-state index contributed by atoms with van der Waals surface area (Å²) < 4.78 is 13.3. The van der Waals surface area contributed by atoms with E-state index in [1.165, 1.54) is 0 Å². The lowest BCUT2D eigenvalue weighted by atomic mass is 10.1. The van der Waals surface area contributed by atoms with Crippen molar-refractivity contribution < 1.29 is 14.3 Å². The summed E-state index contributed by atoms with van der Waals surface area (Å²) in [4.78, 5) is 12.1. The summed E-state index contributed by atoms with van der Waals surface area (Å²) in [5.41, 5.74) is 1.24. The van der Waals surface area contributed by atoms with E-state index in [2.05, 4.69) is 21.0 Å². The molecule has 2 rings (SSSR count). The fourth-order valence-electron chi connectivity index (χ4n) is 1.79. The summed E-state index contributed by atoms with van der Waals surface area (Å²) in [6.45, 7) is 3.88. The molecule has 0 aliphatic carbocycles. The minimum absolute atomic E-state index is 0.166. The number of rotatable bonds is 5. The predicted molar refractivity (Wildman–Crippen MR) is 82.2 cm³/mol. The highest BCUT2D eigenvalue weighted by Crippen LogP contribution is 2.23. The van der Waals surface area contributed by atoms with Crippen LogP contribution < -0.4 is 4.74 Å². The van der Waals surface area contributed by atoms with Gasteiger partial charge < -0.3 is 9.47 Å². The molecule has 0 radical (unpaired) electrons. The Bertz CT molecular complexity index is 638. The highest BCUT2D eigenvalue weighted by Gasteiger charge is 2.17. The maximum absolute atomic E-state index is 12.1. The third-order valence-corrected chi connectivity index (χ3v) is 3.48. The number of hydrogen-bond donors (Lipinski definition) is 0. The van der Waals surface area contributed by atoms with Crippen LogP contribution in [0.3, 0.4) is 0 Å². The molecular weight excluding hydrogens is 336 g/mol. The Morgan fingerprint density at radius 1 is 1.38 bits per heavy atom.